The number of rotatable bonds is 7. The second kappa shape index (κ2) is 12.6. The fourth-order valence-corrected chi connectivity index (χ4v) is 4.17. The Bertz CT molecular complexity index is 1100. The number of β-amino-alcohol motifs (C(OH)–C–C–N with tert-alkyl or cyclic N) is 1. The van der Waals surface area contributed by atoms with Crippen LogP contribution in [0.15, 0.2) is 51.7 Å². The van der Waals surface area contributed by atoms with E-state index in [4.69, 9.17) is 25.9 Å². The summed E-state index contributed by atoms with van der Waals surface area (Å²) >= 11 is 5.97. The van der Waals surface area contributed by atoms with Crippen molar-refractivity contribution in [1.82, 2.24) is 9.80 Å². The molecule has 180 valence electrons. The number of benzene rings is 2. The first-order chi connectivity index (χ1) is 15.0. The van der Waals surface area contributed by atoms with Gasteiger partial charge in [-0.15, -0.1) is 24.8 Å². The highest BCUT2D eigenvalue weighted by molar-refractivity contribution is 6.30. The molecule has 1 aliphatic heterocycles. The van der Waals surface area contributed by atoms with Gasteiger partial charge in [0.15, 0.2) is 0 Å². The van der Waals surface area contributed by atoms with Gasteiger partial charge in [0.05, 0.1) is 12.2 Å². The van der Waals surface area contributed by atoms with Crippen LogP contribution in [0.3, 0.4) is 0 Å². The van der Waals surface area contributed by atoms with Gasteiger partial charge < -0.3 is 14.3 Å². The topological polar surface area (TPSA) is 66.2 Å². The summed E-state index contributed by atoms with van der Waals surface area (Å²) in [6.07, 6.45) is 0. The number of aliphatic hydroxyl groups is 1. The third kappa shape index (κ3) is 6.63. The summed E-state index contributed by atoms with van der Waals surface area (Å²) < 4.78 is 11.6. The number of nitrogens with zero attached hydrogens (tertiary/aromatic N) is 2. The summed E-state index contributed by atoms with van der Waals surface area (Å²) in [5.41, 5.74) is 2.37. The average molecular weight is 516 g/mol. The molecule has 3 aromatic rings. The Morgan fingerprint density at radius 3 is 2.27 bits per heavy atom. The number of hydrogen-bond donors (Lipinski definition) is 1. The van der Waals surface area contributed by atoms with Crippen molar-refractivity contribution < 1.29 is 14.3 Å². The molecule has 1 N–H and O–H groups in total. The Morgan fingerprint density at radius 2 is 1.64 bits per heavy atom. The monoisotopic (exact) mass is 514 g/mol. The smallest absolute Gasteiger partial charge is 0.344 e. The van der Waals surface area contributed by atoms with Crippen molar-refractivity contribution in [3.63, 3.8) is 0 Å². The first-order valence-electron chi connectivity index (χ1n) is 10.6. The van der Waals surface area contributed by atoms with Gasteiger partial charge in [-0.3, -0.25) is 9.80 Å². The maximum absolute atomic E-state index is 12.7. The van der Waals surface area contributed by atoms with E-state index in [-0.39, 0.29) is 37.0 Å². The van der Waals surface area contributed by atoms with Crippen molar-refractivity contribution in [2.45, 2.75) is 6.92 Å². The van der Waals surface area contributed by atoms with Gasteiger partial charge >= 0.3 is 5.63 Å². The Hall–Kier alpha value is -1.80. The van der Waals surface area contributed by atoms with Crippen molar-refractivity contribution in [1.29, 1.82) is 0 Å². The fraction of sp³-hybridized carbons (Fsp3) is 0.375. The number of aryl methyl sites for hydroxylation is 1. The summed E-state index contributed by atoms with van der Waals surface area (Å²) in [6.45, 7) is 8.17. The Kier molecular flexibility index (Phi) is 10.5. The van der Waals surface area contributed by atoms with Crippen molar-refractivity contribution in [3.8, 4) is 16.9 Å². The molecule has 33 heavy (non-hydrogen) atoms. The SMILES string of the molecule is Cc1c(-c2ccc(Cl)cc2)c(=O)oc2cc(OCCN3CCN(CCO)CC3)ccc12.Cl.Cl. The summed E-state index contributed by atoms with van der Waals surface area (Å²) in [6, 6.07) is 12.8. The number of fused-ring (bicyclic) bond motifs is 1. The van der Waals surface area contributed by atoms with Crippen LogP contribution in [-0.2, 0) is 0 Å². The molecule has 4 rings (SSSR count). The number of halogens is 3. The molecule has 0 aliphatic carbocycles. The Balaban J connectivity index is 0.00000193. The highest BCUT2D eigenvalue weighted by atomic mass is 35.5. The molecule has 1 saturated heterocycles. The number of hydrogen-bond acceptors (Lipinski definition) is 6. The molecule has 0 radical (unpaired) electrons. The lowest BCUT2D eigenvalue weighted by Gasteiger charge is -2.34. The van der Waals surface area contributed by atoms with E-state index in [9.17, 15) is 4.79 Å². The van der Waals surface area contributed by atoms with Crippen LogP contribution >= 0.6 is 36.4 Å². The molecule has 2 aromatic carbocycles. The standard InChI is InChI=1S/C24H27ClN2O4.2ClH/c1-17-21-7-6-20(30-15-13-27-10-8-26(9-11-27)12-14-28)16-22(21)31-24(29)23(17)18-2-4-19(25)5-3-18;;/h2-7,16,28H,8-15H2,1H3;2*1H. The lowest BCUT2D eigenvalue weighted by molar-refractivity contribution is 0.102. The van der Waals surface area contributed by atoms with Crippen LogP contribution in [0.4, 0.5) is 0 Å². The maximum Gasteiger partial charge on any atom is 0.344 e. The summed E-state index contributed by atoms with van der Waals surface area (Å²) in [5.74, 6) is 0.688. The van der Waals surface area contributed by atoms with Crippen LogP contribution in [0.1, 0.15) is 5.56 Å². The number of piperazine rings is 1. The minimum atomic E-state index is -0.370. The van der Waals surface area contributed by atoms with Crippen LogP contribution in [-0.4, -0.2) is 67.4 Å². The van der Waals surface area contributed by atoms with E-state index >= 15 is 0 Å². The number of ether oxygens (including phenoxy) is 1. The van der Waals surface area contributed by atoms with Crippen LogP contribution < -0.4 is 10.4 Å². The largest absolute Gasteiger partial charge is 0.492 e. The van der Waals surface area contributed by atoms with Gasteiger partial charge in [0.2, 0.25) is 0 Å². The molecule has 0 unspecified atom stereocenters. The van der Waals surface area contributed by atoms with E-state index in [1.165, 1.54) is 0 Å². The van der Waals surface area contributed by atoms with Gasteiger partial charge in [-0.05, 0) is 42.3 Å². The van der Waals surface area contributed by atoms with E-state index in [0.717, 1.165) is 55.8 Å². The fourth-order valence-electron chi connectivity index (χ4n) is 4.05. The highest BCUT2D eigenvalue weighted by Gasteiger charge is 2.17. The summed E-state index contributed by atoms with van der Waals surface area (Å²) in [7, 11) is 0. The average Bonchev–Trinajstić information content (AvgIpc) is 2.76. The van der Waals surface area contributed by atoms with Crippen LogP contribution in [0.25, 0.3) is 22.1 Å². The zero-order valence-corrected chi connectivity index (χ0v) is 20.8. The third-order valence-electron chi connectivity index (χ3n) is 5.83. The normalized spacial score (nSPS) is 14.5. The summed E-state index contributed by atoms with van der Waals surface area (Å²) in [5, 5.41) is 10.5. The van der Waals surface area contributed by atoms with Gasteiger partial charge in [0, 0.05) is 55.7 Å². The van der Waals surface area contributed by atoms with Crippen molar-refractivity contribution in [3.05, 3.63) is 63.5 Å². The van der Waals surface area contributed by atoms with Crippen LogP contribution in [0, 0.1) is 6.92 Å². The van der Waals surface area contributed by atoms with E-state index in [0.29, 0.717) is 28.5 Å². The van der Waals surface area contributed by atoms with Gasteiger partial charge in [0.1, 0.15) is 17.9 Å². The van der Waals surface area contributed by atoms with Crippen LogP contribution in [0.5, 0.6) is 5.75 Å². The minimum absolute atomic E-state index is 0. The lowest BCUT2D eigenvalue weighted by Crippen LogP contribution is -2.48. The first-order valence-corrected chi connectivity index (χ1v) is 10.9. The van der Waals surface area contributed by atoms with Crippen LogP contribution in [0.2, 0.25) is 5.02 Å². The molecule has 1 fully saturated rings. The van der Waals surface area contributed by atoms with E-state index < -0.39 is 0 Å². The van der Waals surface area contributed by atoms with Crippen molar-refractivity contribution in [2.75, 3.05) is 52.5 Å². The van der Waals surface area contributed by atoms with Gasteiger partial charge in [-0.25, -0.2) is 4.79 Å². The van der Waals surface area contributed by atoms with E-state index in [1.807, 2.05) is 31.2 Å². The molecular weight excluding hydrogens is 487 g/mol. The van der Waals surface area contributed by atoms with E-state index in [1.54, 1.807) is 18.2 Å². The molecule has 0 saturated carbocycles. The first kappa shape index (κ1) is 27.4. The third-order valence-corrected chi connectivity index (χ3v) is 6.08. The molecule has 0 amide bonds. The van der Waals surface area contributed by atoms with Gasteiger partial charge in [-0.2, -0.15) is 0 Å². The second-order valence-electron chi connectivity index (χ2n) is 7.81. The van der Waals surface area contributed by atoms with E-state index in [2.05, 4.69) is 9.80 Å². The Morgan fingerprint density at radius 1 is 1.00 bits per heavy atom. The molecule has 0 atom stereocenters. The maximum atomic E-state index is 12.7. The highest BCUT2D eigenvalue weighted by Crippen LogP contribution is 2.29. The number of aliphatic hydroxyl groups excluding tert-OH is 1. The second-order valence-corrected chi connectivity index (χ2v) is 8.25. The minimum Gasteiger partial charge on any atom is -0.492 e. The van der Waals surface area contributed by atoms with Crippen molar-refractivity contribution >= 4 is 47.4 Å². The predicted molar refractivity (Wildman–Crippen MR) is 138 cm³/mol. The lowest BCUT2D eigenvalue weighted by atomic mass is 10.00. The predicted octanol–water partition coefficient (Wildman–Crippen LogP) is 4.25. The van der Waals surface area contributed by atoms with Gasteiger partial charge in [-0.1, -0.05) is 23.7 Å². The zero-order chi connectivity index (χ0) is 21.8. The molecule has 9 heteroatoms. The zero-order valence-electron chi connectivity index (χ0n) is 18.5. The molecule has 1 aromatic heterocycles. The molecular formula is C24H29Cl3N2O4. The molecule has 0 spiro atoms. The van der Waals surface area contributed by atoms with Gasteiger partial charge in [0.25, 0.3) is 0 Å². The molecule has 2 heterocycles. The molecule has 6 nitrogen and oxygen atoms in total. The van der Waals surface area contributed by atoms with Crippen molar-refractivity contribution in [2.24, 2.45) is 0 Å². The summed E-state index contributed by atoms with van der Waals surface area (Å²) in [4.78, 5) is 17.3. The Labute approximate surface area is 210 Å². The molecule has 1 aliphatic rings. The molecule has 0 bridgehead atoms. The quantitative estimate of drug-likeness (QED) is 0.475.